The lowest BCUT2D eigenvalue weighted by Crippen LogP contribution is -2.23. The SMILES string of the molecule is COCCn1c(SC(C)C(=O)Nc2ccc(Br)cc2)nc2ccccc21. The first kappa shape index (κ1) is 18.9. The van der Waals surface area contributed by atoms with Crippen molar-refractivity contribution in [3.63, 3.8) is 0 Å². The van der Waals surface area contributed by atoms with Crippen LogP contribution in [0, 0.1) is 0 Å². The topological polar surface area (TPSA) is 56.1 Å². The molecule has 3 aromatic rings. The van der Waals surface area contributed by atoms with Crippen LogP contribution >= 0.6 is 27.7 Å². The summed E-state index contributed by atoms with van der Waals surface area (Å²) in [5.41, 5.74) is 2.75. The largest absolute Gasteiger partial charge is 0.383 e. The molecule has 1 heterocycles. The highest BCUT2D eigenvalue weighted by Crippen LogP contribution is 2.28. The fraction of sp³-hybridized carbons (Fsp3) is 0.263. The maximum absolute atomic E-state index is 12.5. The zero-order valence-corrected chi connectivity index (χ0v) is 17.0. The van der Waals surface area contributed by atoms with E-state index in [1.54, 1.807) is 7.11 Å². The van der Waals surface area contributed by atoms with Crippen molar-refractivity contribution in [2.75, 3.05) is 19.0 Å². The van der Waals surface area contributed by atoms with Gasteiger partial charge in [0.25, 0.3) is 0 Å². The van der Waals surface area contributed by atoms with Gasteiger partial charge in [0.2, 0.25) is 5.91 Å². The van der Waals surface area contributed by atoms with Crippen LogP contribution in [0.5, 0.6) is 0 Å². The molecule has 3 rings (SSSR count). The number of rotatable bonds is 7. The minimum atomic E-state index is -0.281. The van der Waals surface area contributed by atoms with E-state index in [0.29, 0.717) is 13.2 Å². The first-order valence-electron chi connectivity index (χ1n) is 8.26. The van der Waals surface area contributed by atoms with Crippen molar-refractivity contribution in [2.45, 2.75) is 23.9 Å². The van der Waals surface area contributed by atoms with Crippen molar-refractivity contribution in [1.29, 1.82) is 0 Å². The summed E-state index contributed by atoms with van der Waals surface area (Å²) in [6.07, 6.45) is 0. The number of nitrogens with one attached hydrogen (secondary N) is 1. The van der Waals surface area contributed by atoms with E-state index in [0.717, 1.165) is 26.3 Å². The first-order valence-corrected chi connectivity index (χ1v) is 9.93. The highest BCUT2D eigenvalue weighted by molar-refractivity contribution is 9.10. The lowest BCUT2D eigenvalue weighted by Gasteiger charge is -2.13. The molecule has 1 amide bonds. The molecule has 136 valence electrons. The molecule has 1 atom stereocenters. The van der Waals surface area contributed by atoms with Gasteiger partial charge in [0, 0.05) is 23.8 Å². The van der Waals surface area contributed by atoms with Crippen LogP contribution in [0.3, 0.4) is 0 Å². The molecule has 1 unspecified atom stereocenters. The third-order valence-electron chi connectivity index (χ3n) is 3.90. The van der Waals surface area contributed by atoms with E-state index in [4.69, 9.17) is 9.72 Å². The number of nitrogens with zero attached hydrogens (tertiary/aromatic N) is 2. The van der Waals surface area contributed by atoms with Crippen molar-refractivity contribution >= 4 is 50.3 Å². The minimum absolute atomic E-state index is 0.0531. The fourth-order valence-electron chi connectivity index (χ4n) is 2.53. The van der Waals surface area contributed by atoms with Gasteiger partial charge >= 0.3 is 0 Å². The number of ether oxygens (including phenoxy) is 1. The van der Waals surface area contributed by atoms with E-state index in [2.05, 4.69) is 25.8 Å². The van der Waals surface area contributed by atoms with E-state index in [1.807, 2.05) is 55.5 Å². The van der Waals surface area contributed by atoms with Crippen LogP contribution < -0.4 is 5.32 Å². The van der Waals surface area contributed by atoms with Gasteiger partial charge in [-0.25, -0.2) is 4.98 Å². The van der Waals surface area contributed by atoms with Crippen molar-refractivity contribution in [1.82, 2.24) is 9.55 Å². The number of halogens is 1. The molecule has 26 heavy (non-hydrogen) atoms. The number of thioether (sulfide) groups is 1. The second-order valence-electron chi connectivity index (χ2n) is 5.78. The molecule has 0 spiro atoms. The van der Waals surface area contributed by atoms with E-state index >= 15 is 0 Å². The smallest absolute Gasteiger partial charge is 0.237 e. The number of anilines is 1. The Bertz CT molecular complexity index is 895. The molecule has 0 aliphatic rings. The Morgan fingerprint density at radius 1 is 1.27 bits per heavy atom. The zero-order chi connectivity index (χ0) is 18.5. The summed E-state index contributed by atoms with van der Waals surface area (Å²) in [5, 5.41) is 3.48. The Labute approximate surface area is 165 Å². The van der Waals surface area contributed by atoms with Gasteiger partial charge in [-0.15, -0.1) is 0 Å². The Kier molecular flexibility index (Phi) is 6.34. The van der Waals surface area contributed by atoms with Gasteiger partial charge in [-0.3, -0.25) is 4.79 Å². The summed E-state index contributed by atoms with van der Waals surface area (Å²) in [6.45, 7) is 3.17. The average molecular weight is 434 g/mol. The molecular weight excluding hydrogens is 414 g/mol. The molecule has 1 aromatic heterocycles. The molecule has 0 radical (unpaired) electrons. The van der Waals surface area contributed by atoms with Crippen LogP contribution in [0.4, 0.5) is 5.69 Å². The maximum atomic E-state index is 12.5. The van der Waals surface area contributed by atoms with E-state index in [1.165, 1.54) is 11.8 Å². The Morgan fingerprint density at radius 2 is 2.00 bits per heavy atom. The molecule has 0 aliphatic carbocycles. The number of methoxy groups -OCH3 is 1. The number of amides is 1. The predicted octanol–water partition coefficient (Wildman–Crippen LogP) is 4.56. The monoisotopic (exact) mass is 433 g/mol. The molecule has 2 aromatic carbocycles. The lowest BCUT2D eigenvalue weighted by molar-refractivity contribution is -0.115. The zero-order valence-electron chi connectivity index (χ0n) is 14.6. The number of fused-ring (bicyclic) bond motifs is 1. The highest BCUT2D eigenvalue weighted by Gasteiger charge is 2.19. The number of hydrogen-bond acceptors (Lipinski definition) is 4. The van der Waals surface area contributed by atoms with Crippen molar-refractivity contribution in [2.24, 2.45) is 0 Å². The lowest BCUT2D eigenvalue weighted by atomic mass is 10.3. The molecule has 0 saturated carbocycles. The van der Waals surface area contributed by atoms with E-state index in [-0.39, 0.29) is 11.2 Å². The van der Waals surface area contributed by atoms with Gasteiger partial charge in [-0.1, -0.05) is 39.8 Å². The molecule has 1 N–H and O–H groups in total. The highest BCUT2D eigenvalue weighted by atomic mass is 79.9. The van der Waals surface area contributed by atoms with Crippen LogP contribution in [0.2, 0.25) is 0 Å². The molecular formula is C19H20BrN3O2S. The number of hydrogen-bond donors (Lipinski definition) is 1. The quantitative estimate of drug-likeness (QED) is 0.554. The third-order valence-corrected chi connectivity index (χ3v) is 5.52. The molecule has 0 aliphatic heterocycles. The summed E-state index contributed by atoms with van der Waals surface area (Å²) >= 11 is 4.84. The Balaban J connectivity index is 1.76. The second kappa shape index (κ2) is 8.70. The molecule has 0 saturated heterocycles. The Morgan fingerprint density at radius 3 is 2.73 bits per heavy atom. The molecule has 7 heteroatoms. The standard InChI is InChI=1S/C19H20BrN3O2S/c1-13(18(24)21-15-9-7-14(20)8-10-15)26-19-22-16-5-3-4-6-17(16)23(19)11-12-25-2/h3-10,13H,11-12H2,1-2H3,(H,21,24). The number of benzene rings is 2. The molecule has 5 nitrogen and oxygen atoms in total. The van der Waals surface area contributed by atoms with Crippen LogP contribution in [-0.2, 0) is 16.1 Å². The van der Waals surface area contributed by atoms with Gasteiger partial charge in [-0.2, -0.15) is 0 Å². The van der Waals surface area contributed by atoms with Gasteiger partial charge in [-0.05, 0) is 43.3 Å². The minimum Gasteiger partial charge on any atom is -0.383 e. The van der Waals surface area contributed by atoms with Crippen LogP contribution in [0.1, 0.15) is 6.92 Å². The number of imidazole rings is 1. The Hall–Kier alpha value is -1.83. The summed E-state index contributed by atoms with van der Waals surface area (Å²) in [5.74, 6) is -0.0531. The first-order chi connectivity index (χ1) is 12.6. The predicted molar refractivity (Wildman–Crippen MR) is 110 cm³/mol. The normalized spacial score (nSPS) is 12.3. The number of carbonyl (C=O) groups excluding carboxylic acids is 1. The molecule has 0 bridgehead atoms. The number of para-hydroxylation sites is 2. The van der Waals surface area contributed by atoms with Crippen molar-refractivity contribution < 1.29 is 9.53 Å². The summed E-state index contributed by atoms with van der Waals surface area (Å²) in [4.78, 5) is 17.2. The van der Waals surface area contributed by atoms with Gasteiger partial charge < -0.3 is 14.6 Å². The third kappa shape index (κ3) is 4.47. The van der Waals surface area contributed by atoms with E-state index < -0.39 is 0 Å². The average Bonchev–Trinajstić information content (AvgIpc) is 2.98. The summed E-state index contributed by atoms with van der Waals surface area (Å²) in [7, 11) is 1.68. The summed E-state index contributed by atoms with van der Waals surface area (Å²) in [6, 6.07) is 15.5. The van der Waals surface area contributed by atoms with Crippen molar-refractivity contribution in [3.05, 3.63) is 53.0 Å². The number of carbonyl (C=O) groups is 1. The van der Waals surface area contributed by atoms with Crippen LogP contribution in [-0.4, -0.2) is 34.4 Å². The van der Waals surface area contributed by atoms with Crippen LogP contribution in [0.15, 0.2) is 58.2 Å². The van der Waals surface area contributed by atoms with Crippen LogP contribution in [0.25, 0.3) is 11.0 Å². The van der Waals surface area contributed by atoms with Gasteiger partial charge in [0.1, 0.15) is 0 Å². The van der Waals surface area contributed by atoms with Gasteiger partial charge in [0.15, 0.2) is 5.16 Å². The summed E-state index contributed by atoms with van der Waals surface area (Å²) < 4.78 is 8.30. The number of aromatic nitrogens is 2. The fourth-order valence-corrected chi connectivity index (χ4v) is 3.75. The second-order valence-corrected chi connectivity index (χ2v) is 8.01. The van der Waals surface area contributed by atoms with Crippen molar-refractivity contribution in [3.8, 4) is 0 Å². The van der Waals surface area contributed by atoms with Gasteiger partial charge in [0.05, 0.1) is 22.9 Å². The molecule has 0 fully saturated rings. The maximum Gasteiger partial charge on any atom is 0.237 e. The van der Waals surface area contributed by atoms with E-state index in [9.17, 15) is 4.79 Å².